The van der Waals surface area contributed by atoms with Gasteiger partial charge in [-0.2, -0.15) is 5.10 Å². The Hall–Kier alpha value is -3.73. The van der Waals surface area contributed by atoms with Crippen molar-refractivity contribution in [3.63, 3.8) is 0 Å². The van der Waals surface area contributed by atoms with Crippen LogP contribution < -0.4 is 5.43 Å². The van der Waals surface area contributed by atoms with Gasteiger partial charge in [0.1, 0.15) is 5.82 Å². The zero-order valence-corrected chi connectivity index (χ0v) is 16.7. The fraction of sp³-hybridized carbons (Fsp3) is 0.125. The molecule has 0 saturated heterocycles. The average molecular weight is 382 g/mol. The summed E-state index contributed by atoms with van der Waals surface area (Å²) in [6.45, 7) is 6.17. The molecule has 3 aromatic carbocycles. The van der Waals surface area contributed by atoms with Crippen LogP contribution in [-0.2, 0) is 0 Å². The molecule has 5 nitrogen and oxygen atoms in total. The third-order valence-corrected chi connectivity index (χ3v) is 5.08. The number of aryl methyl sites for hydroxylation is 3. The second kappa shape index (κ2) is 7.72. The molecule has 0 saturated carbocycles. The van der Waals surface area contributed by atoms with Crippen molar-refractivity contribution in [2.45, 2.75) is 20.8 Å². The monoisotopic (exact) mass is 382 g/mol. The molecule has 0 aliphatic carbocycles. The van der Waals surface area contributed by atoms with Gasteiger partial charge in [-0.05, 0) is 67.3 Å². The van der Waals surface area contributed by atoms with E-state index in [9.17, 15) is 4.79 Å². The molecule has 0 radical (unpaired) electrons. The summed E-state index contributed by atoms with van der Waals surface area (Å²) < 4.78 is 0. The predicted molar refractivity (Wildman–Crippen MR) is 117 cm³/mol. The van der Waals surface area contributed by atoms with Crippen molar-refractivity contribution >= 4 is 23.2 Å². The van der Waals surface area contributed by atoms with Gasteiger partial charge in [-0.15, -0.1) is 0 Å². The van der Waals surface area contributed by atoms with Crippen LogP contribution >= 0.6 is 0 Å². The first-order valence-electron chi connectivity index (χ1n) is 9.48. The van der Waals surface area contributed by atoms with Crippen LogP contribution in [0.2, 0.25) is 0 Å². The summed E-state index contributed by atoms with van der Waals surface area (Å²) in [5.74, 6) is 0.534. The number of aromatic amines is 1. The van der Waals surface area contributed by atoms with Crippen molar-refractivity contribution in [3.05, 3.63) is 88.5 Å². The second-order valence-electron chi connectivity index (χ2n) is 7.17. The smallest absolute Gasteiger partial charge is 0.271 e. The van der Waals surface area contributed by atoms with Crippen LogP contribution in [-0.4, -0.2) is 22.1 Å². The number of rotatable bonds is 4. The minimum Gasteiger partial charge on any atom is -0.338 e. The first-order valence-corrected chi connectivity index (χ1v) is 9.48. The Kier molecular flexibility index (Phi) is 4.96. The van der Waals surface area contributed by atoms with Gasteiger partial charge in [-0.25, -0.2) is 10.4 Å². The number of nitrogens with one attached hydrogen (secondary N) is 2. The van der Waals surface area contributed by atoms with E-state index >= 15 is 0 Å². The lowest BCUT2D eigenvalue weighted by Gasteiger charge is -2.02. The maximum Gasteiger partial charge on any atom is 0.271 e. The number of amides is 1. The van der Waals surface area contributed by atoms with Gasteiger partial charge in [0.2, 0.25) is 0 Å². The quantitative estimate of drug-likeness (QED) is 0.388. The minimum absolute atomic E-state index is 0.253. The highest BCUT2D eigenvalue weighted by Crippen LogP contribution is 2.23. The van der Waals surface area contributed by atoms with E-state index in [-0.39, 0.29) is 5.91 Å². The number of carbonyl (C=O) groups excluding carboxylic acids is 1. The maximum absolute atomic E-state index is 12.3. The predicted octanol–water partition coefficient (Wildman–Crippen LogP) is 4.92. The minimum atomic E-state index is -0.253. The number of nitrogens with zero attached hydrogens (tertiary/aromatic N) is 2. The molecule has 1 heterocycles. The van der Waals surface area contributed by atoms with Gasteiger partial charge in [0.25, 0.3) is 5.91 Å². The zero-order chi connectivity index (χ0) is 20.4. The van der Waals surface area contributed by atoms with Crippen molar-refractivity contribution in [1.82, 2.24) is 15.4 Å². The van der Waals surface area contributed by atoms with E-state index in [1.54, 1.807) is 18.3 Å². The van der Waals surface area contributed by atoms with Crippen LogP contribution in [0.5, 0.6) is 0 Å². The van der Waals surface area contributed by atoms with Crippen LogP contribution in [0.15, 0.2) is 65.8 Å². The van der Waals surface area contributed by atoms with Crippen LogP contribution in [0.1, 0.15) is 32.6 Å². The molecular formula is C24H22N4O. The van der Waals surface area contributed by atoms with Gasteiger partial charge in [-0.3, -0.25) is 4.79 Å². The molecule has 0 aliphatic rings. The van der Waals surface area contributed by atoms with E-state index in [1.807, 2.05) is 43.3 Å². The number of benzene rings is 3. The molecule has 4 aromatic rings. The molecule has 0 bridgehead atoms. The summed E-state index contributed by atoms with van der Waals surface area (Å²) in [4.78, 5) is 20.4. The Morgan fingerprint density at radius 3 is 2.45 bits per heavy atom. The van der Waals surface area contributed by atoms with E-state index < -0.39 is 0 Å². The summed E-state index contributed by atoms with van der Waals surface area (Å²) >= 11 is 0. The van der Waals surface area contributed by atoms with Crippen LogP contribution in [0.4, 0.5) is 0 Å². The summed E-state index contributed by atoms with van der Waals surface area (Å²) in [6, 6.07) is 19.4. The summed E-state index contributed by atoms with van der Waals surface area (Å²) in [5.41, 5.74) is 10.5. The van der Waals surface area contributed by atoms with E-state index in [1.165, 1.54) is 11.1 Å². The lowest BCUT2D eigenvalue weighted by Crippen LogP contribution is -2.17. The van der Waals surface area contributed by atoms with Crippen LogP contribution in [0.25, 0.3) is 22.4 Å². The number of hydrogen-bond donors (Lipinski definition) is 2. The Labute approximate surface area is 169 Å². The number of imidazole rings is 1. The molecule has 0 aliphatic heterocycles. The summed E-state index contributed by atoms with van der Waals surface area (Å²) in [6.07, 6.45) is 1.65. The number of aromatic nitrogens is 2. The van der Waals surface area contributed by atoms with Crippen LogP contribution in [0.3, 0.4) is 0 Å². The van der Waals surface area contributed by atoms with Gasteiger partial charge in [0.05, 0.1) is 17.2 Å². The summed E-state index contributed by atoms with van der Waals surface area (Å²) in [5, 5.41) is 4.06. The van der Waals surface area contributed by atoms with Gasteiger partial charge in [0, 0.05) is 11.1 Å². The molecule has 0 unspecified atom stereocenters. The third kappa shape index (κ3) is 3.94. The number of fused-ring (bicyclic) bond motifs is 1. The van der Waals surface area contributed by atoms with Crippen molar-refractivity contribution in [3.8, 4) is 11.4 Å². The fourth-order valence-corrected chi connectivity index (χ4v) is 3.14. The van der Waals surface area contributed by atoms with Gasteiger partial charge < -0.3 is 4.98 Å². The SMILES string of the molecule is Cc1cc2nc(-c3ccc(C(=O)N/N=C/c4ccccc4C)cc3)[nH]c2cc1C. The largest absolute Gasteiger partial charge is 0.338 e. The standard InChI is InChI=1S/C24H22N4O/c1-15-6-4-5-7-20(15)14-25-28-24(29)19-10-8-18(9-11-19)23-26-21-12-16(2)17(3)13-22(21)27-23/h4-14H,1-3H3,(H,26,27)(H,28,29)/b25-14+. The van der Waals surface area contributed by atoms with Crippen molar-refractivity contribution < 1.29 is 4.79 Å². The summed E-state index contributed by atoms with van der Waals surface area (Å²) in [7, 11) is 0. The Bertz CT molecular complexity index is 1180. The molecule has 1 amide bonds. The molecule has 29 heavy (non-hydrogen) atoms. The Morgan fingerprint density at radius 1 is 0.966 bits per heavy atom. The van der Waals surface area contributed by atoms with E-state index in [4.69, 9.17) is 0 Å². The number of hydrazone groups is 1. The topological polar surface area (TPSA) is 70.1 Å². The molecule has 5 heteroatoms. The first-order chi connectivity index (χ1) is 14.0. The van der Waals surface area contributed by atoms with Gasteiger partial charge in [0.15, 0.2) is 0 Å². The highest BCUT2D eigenvalue weighted by atomic mass is 16.2. The van der Waals surface area contributed by atoms with E-state index in [2.05, 4.69) is 46.5 Å². The Morgan fingerprint density at radius 2 is 1.69 bits per heavy atom. The molecular weight excluding hydrogens is 360 g/mol. The molecule has 144 valence electrons. The molecule has 0 spiro atoms. The lowest BCUT2D eigenvalue weighted by molar-refractivity contribution is 0.0955. The number of H-pyrrole nitrogens is 1. The van der Waals surface area contributed by atoms with Crippen LogP contribution in [0, 0.1) is 20.8 Å². The lowest BCUT2D eigenvalue weighted by atomic mass is 10.1. The van der Waals surface area contributed by atoms with E-state index in [0.717, 1.165) is 33.5 Å². The van der Waals surface area contributed by atoms with Crippen molar-refractivity contribution in [2.75, 3.05) is 0 Å². The Balaban J connectivity index is 1.49. The van der Waals surface area contributed by atoms with Crippen molar-refractivity contribution in [1.29, 1.82) is 0 Å². The molecule has 0 atom stereocenters. The normalized spacial score (nSPS) is 11.3. The molecule has 2 N–H and O–H groups in total. The zero-order valence-electron chi connectivity index (χ0n) is 16.7. The third-order valence-electron chi connectivity index (χ3n) is 5.08. The molecule has 1 aromatic heterocycles. The van der Waals surface area contributed by atoms with Crippen molar-refractivity contribution in [2.24, 2.45) is 5.10 Å². The van der Waals surface area contributed by atoms with E-state index in [0.29, 0.717) is 5.56 Å². The maximum atomic E-state index is 12.3. The number of carbonyl (C=O) groups is 1. The van der Waals surface area contributed by atoms with Gasteiger partial charge >= 0.3 is 0 Å². The fourth-order valence-electron chi connectivity index (χ4n) is 3.14. The number of hydrogen-bond acceptors (Lipinski definition) is 3. The molecule has 0 fully saturated rings. The highest BCUT2D eigenvalue weighted by molar-refractivity contribution is 5.95. The highest BCUT2D eigenvalue weighted by Gasteiger charge is 2.09. The average Bonchev–Trinajstić information content (AvgIpc) is 3.12. The molecule has 4 rings (SSSR count). The van der Waals surface area contributed by atoms with Gasteiger partial charge in [-0.1, -0.05) is 36.4 Å². The first kappa shape index (κ1) is 18.6. The second-order valence-corrected chi connectivity index (χ2v) is 7.17.